The zero-order valence-corrected chi connectivity index (χ0v) is 12.9. The Morgan fingerprint density at radius 3 is 2.52 bits per heavy atom. The summed E-state index contributed by atoms with van der Waals surface area (Å²) in [6.07, 6.45) is 2.30. The van der Waals surface area contributed by atoms with Crippen LogP contribution in [0.3, 0.4) is 0 Å². The first-order chi connectivity index (χ1) is 11.3. The molecule has 2 aromatic rings. The maximum atomic E-state index is 12.4. The maximum absolute atomic E-state index is 12.4. The van der Waals surface area contributed by atoms with Gasteiger partial charge >= 0.3 is 0 Å². The third-order valence-corrected chi connectivity index (χ3v) is 3.96. The topological polar surface area (TPSA) is 56.1 Å². The second-order valence-electron chi connectivity index (χ2n) is 5.83. The SMILES string of the molecule is N#Cc1ccccc1NC(=O)CN(Cc1ccccc1)C1CC1. The van der Waals surface area contributed by atoms with Crippen molar-refractivity contribution in [1.29, 1.82) is 5.26 Å². The molecule has 1 fully saturated rings. The van der Waals surface area contributed by atoms with Gasteiger partial charge < -0.3 is 5.32 Å². The highest BCUT2D eigenvalue weighted by molar-refractivity contribution is 5.93. The summed E-state index contributed by atoms with van der Waals surface area (Å²) >= 11 is 0. The number of hydrogen-bond donors (Lipinski definition) is 1. The highest BCUT2D eigenvalue weighted by atomic mass is 16.2. The molecule has 0 bridgehead atoms. The third-order valence-electron chi connectivity index (χ3n) is 3.96. The molecule has 4 nitrogen and oxygen atoms in total. The molecule has 1 saturated carbocycles. The van der Waals surface area contributed by atoms with Gasteiger partial charge in [0.1, 0.15) is 6.07 Å². The fourth-order valence-corrected chi connectivity index (χ4v) is 2.64. The number of anilines is 1. The van der Waals surface area contributed by atoms with E-state index in [-0.39, 0.29) is 5.91 Å². The van der Waals surface area contributed by atoms with Gasteiger partial charge in [0, 0.05) is 12.6 Å². The van der Waals surface area contributed by atoms with Gasteiger partial charge in [-0.05, 0) is 30.5 Å². The summed E-state index contributed by atoms with van der Waals surface area (Å²) in [6, 6.07) is 19.9. The minimum Gasteiger partial charge on any atom is -0.324 e. The lowest BCUT2D eigenvalue weighted by Gasteiger charge is -2.21. The van der Waals surface area contributed by atoms with E-state index in [9.17, 15) is 4.79 Å². The van der Waals surface area contributed by atoms with Gasteiger partial charge in [-0.1, -0.05) is 42.5 Å². The van der Waals surface area contributed by atoms with Crippen LogP contribution in [-0.4, -0.2) is 23.4 Å². The largest absolute Gasteiger partial charge is 0.324 e. The number of carbonyl (C=O) groups excluding carboxylic acids is 1. The van der Waals surface area contributed by atoms with Crippen molar-refractivity contribution in [3.63, 3.8) is 0 Å². The number of rotatable bonds is 6. The zero-order chi connectivity index (χ0) is 16.1. The lowest BCUT2D eigenvalue weighted by molar-refractivity contribution is -0.117. The Balaban J connectivity index is 1.64. The van der Waals surface area contributed by atoms with E-state index in [1.54, 1.807) is 18.2 Å². The number of amides is 1. The summed E-state index contributed by atoms with van der Waals surface area (Å²) in [6.45, 7) is 1.12. The van der Waals surface area contributed by atoms with Gasteiger partial charge in [0.25, 0.3) is 0 Å². The average Bonchev–Trinajstić information content (AvgIpc) is 3.40. The van der Waals surface area contributed by atoms with Gasteiger partial charge in [0.2, 0.25) is 5.91 Å². The lowest BCUT2D eigenvalue weighted by Crippen LogP contribution is -2.34. The van der Waals surface area contributed by atoms with Crippen molar-refractivity contribution in [2.45, 2.75) is 25.4 Å². The predicted molar refractivity (Wildman–Crippen MR) is 89.7 cm³/mol. The van der Waals surface area contributed by atoms with E-state index >= 15 is 0 Å². The summed E-state index contributed by atoms with van der Waals surface area (Å²) in [5.74, 6) is -0.0736. The van der Waals surface area contributed by atoms with Crippen LogP contribution in [0.1, 0.15) is 24.0 Å². The van der Waals surface area contributed by atoms with Crippen LogP contribution in [0.15, 0.2) is 54.6 Å². The third kappa shape index (κ3) is 4.18. The van der Waals surface area contributed by atoms with Crippen molar-refractivity contribution in [3.05, 3.63) is 65.7 Å². The molecule has 116 valence electrons. The van der Waals surface area contributed by atoms with Gasteiger partial charge in [-0.15, -0.1) is 0 Å². The molecule has 0 aliphatic heterocycles. The summed E-state index contributed by atoms with van der Waals surface area (Å²) < 4.78 is 0. The Hall–Kier alpha value is -2.64. The molecule has 0 atom stereocenters. The maximum Gasteiger partial charge on any atom is 0.238 e. The van der Waals surface area contributed by atoms with Crippen LogP contribution in [0.4, 0.5) is 5.69 Å². The van der Waals surface area contributed by atoms with Crippen molar-refractivity contribution in [2.24, 2.45) is 0 Å². The Bertz CT molecular complexity index is 717. The molecule has 3 rings (SSSR count). The molecule has 1 N–H and O–H groups in total. The summed E-state index contributed by atoms with van der Waals surface area (Å²) in [5, 5.41) is 12.0. The fraction of sp³-hybridized carbons (Fsp3) is 0.263. The van der Waals surface area contributed by atoms with Gasteiger partial charge in [0.15, 0.2) is 0 Å². The molecule has 23 heavy (non-hydrogen) atoms. The lowest BCUT2D eigenvalue weighted by atomic mass is 10.2. The molecule has 2 aromatic carbocycles. The first-order valence-corrected chi connectivity index (χ1v) is 7.83. The Labute approximate surface area is 136 Å². The van der Waals surface area contributed by atoms with Crippen LogP contribution in [0.5, 0.6) is 0 Å². The second kappa shape index (κ2) is 7.08. The molecule has 4 heteroatoms. The molecule has 0 aromatic heterocycles. The van der Waals surface area contributed by atoms with Crippen molar-refractivity contribution in [1.82, 2.24) is 4.90 Å². The summed E-state index contributed by atoms with van der Waals surface area (Å²) in [7, 11) is 0. The quantitative estimate of drug-likeness (QED) is 0.892. The monoisotopic (exact) mass is 305 g/mol. The van der Waals surface area contributed by atoms with Crippen LogP contribution in [0.25, 0.3) is 0 Å². The van der Waals surface area contributed by atoms with E-state index in [2.05, 4.69) is 28.4 Å². The van der Waals surface area contributed by atoms with Gasteiger partial charge in [-0.25, -0.2) is 0 Å². The number of benzene rings is 2. The standard InChI is InChI=1S/C19H19N3O/c20-12-16-8-4-5-9-18(16)21-19(23)14-22(17-10-11-17)13-15-6-2-1-3-7-15/h1-9,17H,10-11,13-14H2,(H,21,23). The molecule has 0 unspecified atom stereocenters. The van der Waals surface area contributed by atoms with E-state index in [1.807, 2.05) is 24.3 Å². The van der Waals surface area contributed by atoms with Crippen LogP contribution < -0.4 is 5.32 Å². The van der Waals surface area contributed by atoms with E-state index in [0.29, 0.717) is 23.8 Å². The fourth-order valence-electron chi connectivity index (χ4n) is 2.64. The van der Waals surface area contributed by atoms with Crippen LogP contribution in [0.2, 0.25) is 0 Å². The minimum absolute atomic E-state index is 0.0736. The van der Waals surface area contributed by atoms with E-state index in [1.165, 1.54) is 5.56 Å². The highest BCUT2D eigenvalue weighted by Gasteiger charge is 2.30. The molecule has 0 radical (unpaired) electrons. The minimum atomic E-state index is -0.0736. The number of nitrogens with zero attached hydrogens (tertiary/aromatic N) is 2. The molecular weight excluding hydrogens is 286 g/mol. The summed E-state index contributed by atoms with van der Waals surface area (Å²) in [5.41, 5.74) is 2.28. The second-order valence-corrected chi connectivity index (χ2v) is 5.83. The Morgan fingerprint density at radius 1 is 1.13 bits per heavy atom. The highest BCUT2D eigenvalue weighted by Crippen LogP contribution is 2.28. The van der Waals surface area contributed by atoms with Gasteiger partial charge in [-0.3, -0.25) is 9.69 Å². The van der Waals surface area contributed by atoms with Crippen LogP contribution >= 0.6 is 0 Å². The molecule has 0 heterocycles. The van der Waals surface area contributed by atoms with Crippen molar-refractivity contribution in [2.75, 3.05) is 11.9 Å². The normalized spacial score (nSPS) is 13.6. The molecule has 1 aliphatic rings. The van der Waals surface area contributed by atoms with E-state index < -0.39 is 0 Å². The van der Waals surface area contributed by atoms with Gasteiger partial charge in [0.05, 0.1) is 17.8 Å². The van der Waals surface area contributed by atoms with Crippen LogP contribution in [0, 0.1) is 11.3 Å². The Morgan fingerprint density at radius 2 is 1.83 bits per heavy atom. The van der Waals surface area contributed by atoms with Crippen LogP contribution in [-0.2, 0) is 11.3 Å². The zero-order valence-electron chi connectivity index (χ0n) is 12.9. The number of carbonyl (C=O) groups is 1. The number of nitriles is 1. The number of nitrogens with one attached hydrogen (secondary N) is 1. The Kier molecular flexibility index (Phi) is 4.70. The molecule has 0 spiro atoms. The number of hydrogen-bond acceptors (Lipinski definition) is 3. The van der Waals surface area contributed by atoms with Gasteiger partial charge in [-0.2, -0.15) is 5.26 Å². The molecule has 0 saturated heterocycles. The first kappa shape index (κ1) is 15.3. The first-order valence-electron chi connectivity index (χ1n) is 7.83. The van der Waals surface area contributed by atoms with E-state index in [0.717, 1.165) is 19.4 Å². The van der Waals surface area contributed by atoms with Crippen molar-refractivity contribution >= 4 is 11.6 Å². The van der Waals surface area contributed by atoms with Crippen molar-refractivity contribution in [3.8, 4) is 6.07 Å². The molecule has 1 aliphatic carbocycles. The average molecular weight is 305 g/mol. The summed E-state index contributed by atoms with van der Waals surface area (Å²) in [4.78, 5) is 14.6. The predicted octanol–water partition coefficient (Wildman–Crippen LogP) is 3.16. The smallest absolute Gasteiger partial charge is 0.238 e. The molecule has 1 amide bonds. The number of para-hydroxylation sites is 1. The van der Waals surface area contributed by atoms with E-state index in [4.69, 9.17) is 5.26 Å². The molecular formula is C19H19N3O. The van der Waals surface area contributed by atoms with Crippen molar-refractivity contribution < 1.29 is 4.79 Å².